The monoisotopic (exact) mass is 502 g/mol. The zero-order chi connectivity index (χ0) is 25.6. The fourth-order valence-corrected chi connectivity index (χ4v) is 5.55. The first-order valence-electron chi connectivity index (χ1n) is 13.3. The third kappa shape index (κ3) is 6.29. The van der Waals surface area contributed by atoms with Gasteiger partial charge in [-0.05, 0) is 59.3 Å². The third-order valence-corrected chi connectivity index (χ3v) is 7.57. The van der Waals surface area contributed by atoms with E-state index in [2.05, 4.69) is 53.4 Å². The van der Waals surface area contributed by atoms with E-state index in [1.165, 1.54) is 6.42 Å². The predicted octanol–water partition coefficient (Wildman–Crippen LogP) is 4.96. The van der Waals surface area contributed by atoms with Gasteiger partial charge in [0.1, 0.15) is 0 Å². The molecule has 0 saturated carbocycles. The summed E-state index contributed by atoms with van der Waals surface area (Å²) in [6.07, 6.45) is 2.60. The molecule has 37 heavy (non-hydrogen) atoms. The van der Waals surface area contributed by atoms with Gasteiger partial charge in [-0.1, -0.05) is 60.7 Å². The first kappa shape index (κ1) is 26.0. The largest absolute Gasteiger partial charge is 0.392 e. The van der Waals surface area contributed by atoms with E-state index in [0.29, 0.717) is 12.6 Å². The molecule has 0 spiro atoms. The molecule has 2 aliphatic rings. The number of benzene rings is 3. The van der Waals surface area contributed by atoms with E-state index in [1.807, 2.05) is 24.3 Å². The smallest absolute Gasteiger partial charge is 0.184 e. The van der Waals surface area contributed by atoms with Gasteiger partial charge in [-0.15, -0.1) is 0 Å². The van der Waals surface area contributed by atoms with Crippen LogP contribution in [0.2, 0.25) is 0 Å². The van der Waals surface area contributed by atoms with Gasteiger partial charge in [0.25, 0.3) is 0 Å². The van der Waals surface area contributed by atoms with Gasteiger partial charge >= 0.3 is 0 Å². The number of likely N-dealkylation sites (tertiary alicyclic amines) is 1. The Balaban J connectivity index is 1.41. The Morgan fingerprint density at radius 3 is 2.49 bits per heavy atom. The number of aliphatic hydroxyl groups excluding tert-OH is 1. The van der Waals surface area contributed by atoms with E-state index in [0.717, 1.165) is 65.9 Å². The maximum Gasteiger partial charge on any atom is 0.184 e. The highest BCUT2D eigenvalue weighted by molar-refractivity contribution is 5.65. The van der Waals surface area contributed by atoms with Crippen LogP contribution < -0.4 is 5.73 Å². The van der Waals surface area contributed by atoms with Gasteiger partial charge in [0.05, 0.1) is 25.4 Å². The van der Waals surface area contributed by atoms with Crippen molar-refractivity contribution in [3.8, 4) is 11.1 Å². The summed E-state index contributed by atoms with van der Waals surface area (Å²) in [7, 11) is 1.78. The molecule has 3 N–H and O–H groups in total. The molecule has 5 rings (SSSR count). The average molecular weight is 503 g/mol. The molecule has 0 aliphatic carbocycles. The lowest BCUT2D eigenvalue weighted by Gasteiger charge is -2.39. The molecule has 0 unspecified atom stereocenters. The molecule has 6 nitrogen and oxygen atoms in total. The summed E-state index contributed by atoms with van der Waals surface area (Å²) < 4.78 is 18.7. The first-order chi connectivity index (χ1) is 18.2. The highest BCUT2D eigenvalue weighted by atomic mass is 16.7. The number of hydrogen-bond acceptors (Lipinski definition) is 6. The quantitative estimate of drug-likeness (QED) is 0.431. The second-order valence-corrected chi connectivity index (χ2v) is 10.1. The summed E-state index contributed by atoms with van der Waals surface area (Å²) in [4.78, 5) is 2.51. The molecule has 0 bridgehead atoms. The minimum atomic E-state index is -0.470. The number of nitrogens with zero attached hydrogens (tertiary/aromatic N) is 1. The van der Waals surface area contributed by atoms with Crippen LogP contribution in [0.3, 0.4) is 0 Å². The molecule has 0 aromatic heterocycles. The normalized spacial score (nSPS) is 24.4. The van der Waals surface area contributed by atoms with E-state index in [-0.39, 0.29) is 18.8 Å². The van der Waals surface area contributed by atoms with Crippen LogP contribution in [0.25, 0.3) is 11.1 Å². The maximum atomic E-state index is 9.48. The second kappa shape index (κ2) is 12.3. The van der Waals surface area contributed by atoms with Crippen LogP contribution >= 0.6 is 0 Å². The summed E-state index contributed by atoms with van der Waals surface area (Å²) in [6.45, 7) is 3.23. The van der Waals surface area contributed by atoms with Crippen LogP contribution in [-0.4, -0.2) is 49.0 Å². The molecule has 2 heterocycles. The standard InChI is InChI=1S/C31H38N2O4/c1-35-21-28-9-4-14-33(28)19-29-17-30(24-12-10-22(20-34)11-13-24)37-31(36-29)27-8-3-7-26(16-27)25-6-2-5-23(15-25)18-32/h2-3,5-8,10-13,15-16,28-31,34H,4,9,14,17-21,32H2,1H3/t28-,29-,30+,31+/m0/s1. The molecule has 3 aromatic carbocycles. The molecule has 3 aromatic rings. The molecule has 196 valence electrons. The zero-order valence-corrected chi connectivity index (χ0v) is 21.6. The van der Waals surface area contributed by atoms with Crippen molar-refractivity contribution in [1.29, 1.82) is 0 Å². The lowest BCUT2D eigenvalue weighted by atomic mass is 9.98. The Labute approximate surface area is 220 Å². The number of rotatable bonds is 9. The Morgan fingerprint density at radius 2 is 1.73 bits per heavy atom. The lowest BCUT2D eigenvalue weighted by molar-refractivity contribution is -0.253. The van der Waals surface area contributed by atoms with Crippen LogP contribution in [0.5, 0.6) is 0 Å². The average Bonchev–Trinajstić information content (AvgIpc) is 3.39. The van der Waals surface area contributed by atoms with Crippen molar-refractivity contribution >= 4 is 0 Å². The van der Waals surface area contributed by atoms with E-state index in [9.17, 15) is 5.11 Å². The van der Waals surface area contributed by atoms with Gasteiger partial charge in [-0.2, -0.15) is 0 Å². The van der Waals surface area contributed by atoms with E-state index >= 15 is 0 Å². The van der Waals surface area contributed by atoms with E-state index in [4.69, 9.17) is 19.9 Å². The second-order valence-electron chi connectivity index (χ2n) is 10.1. The molecule has 0 radical (unpaired) electrons. The number of aliphatic hydroxyl groups is 1. The number of hydrogen-bond donors (Lipinski definition) is 2. The van der Waals surface area contributed by atoms with Crippen molar-refractivity contribution in [3.05, 3.63) is 95.1 Å². The van der Waals surface area contributed by atoms with Gasteiger partial charge < -0.3 is 25.1 Å². The Morgan fingerprint density at radius 1 is 0.946 bits per heavy atom. The summed E-state index contributed by atoms with van der Waals surface area (Å²) in [5.41, 5.74) is 12.2. The van der Waals surface area contributed by atoms with Crippen LogP contribution in [-0.2, 0) is 27.4 Å². The summed E-state index contributed by atoms with van der Waals surface area (Å²) in [5, 5.41) is 9.48. The molecule has 2 saturated heterocycles. The third-order valence-electron chi connectivity index (χ3n) is 7.57. The Hall–Kier alpha value is -2.58. The Bertz CT molecular complexity index is 1150. The topological polar surface area (TPSA) is 77.2 Å². The van der Waals surface area contributed by atoms with Crippen molar-refractivity contribution in [2.45, 2.75) is 57.0 Å². The number of methoxy groups -OCH3 is 1. The van der Waals surface area contributed by atoms with E-state index < -0.39 is 6.29 Å². The molecular weight excluding hydrogens is 464 g/mol. The minimum Gasteiger partial charge on any atom is -0.392 e. The van der Waals surface area contributed by atoms with Crippen LogP contribution in [0.15, 0.2) is 72.8 Å². The predicted molar refractivity (Wildman–Crippen MR) is 145 cm³/mol. The summed E-state index contributed by atoms with van der Waals surface area (Å²) >= 11 is 0. The molecule has 2 aliphatic heterocycles. The highest BCUT2D eigenvalue weighted by Gasteiger charge is 2.35. The van der Waals surface area contributed by atoms with Crippen molar-refractivity contribution in [2.75, 3.05) is 26.8 Å². The lowest BCUT2D eigenvalue weighted by Crippen LogP contribution is -2.42. The van der Waals surface area contributed by atoms with Gasteiger partial charge in [0.15, 0.2) is 6.29 Å². The number of nitrogens with two attached hydrogens (primary N) is 1. The van der Waals surface area contributed by atoms with Crippen molar-refractivity contribution < 1.29 is 19.3 Å². The molecule has 2 fully saturated rings. The zero-order valence-electron chi connectivity index (χ0n) is 21.6. The fourth-order valence-electron chi connectivity index (χ4n) is 5.55. The van der Waals surface area contributed by atoms with Crippen LogP contribution in [0, 0.1) is 0 Å². The Kier molecular flexibility index (Phi) is 8.66. The highest BCUT2D eigenvalue weighted by Crippen LogP contribution is 2.39. The van der Waals surface area contributed by atoms with Crippen LogP contribution in [0.1, 0.15) is 53.9 Å². The van der Waals surface area contributed by atoms with Gasteiger partial charge in [0.2, 0.25) is 0 Å². The molecule has 0 amide bonds. The van der Waals surface area contributed by atoms with Crippen molar-refractivity contribution in [3.63, 3.8) is 0 Å². The molecule has 6 heteroatoms. The maximum absolute atomic E-state index is 9.48. The van der Waals surface area contributed by atoms with E-state index in [1.54, 1.807) is 7.11 Å². The summed E-state index contributed by atoms with van der Waals surface area (Å²) in [6, 6.07) is 25.3. The van der Waals surface area contributed by atoms with Crippen molar-refractivity contribution in [2.24, 2.45) is 5.73 Å². The van der Waals surface area contributed by atoms with Gasteiger partial charge in [0, 0.05) is 38.2 Å². The number of ether oxygens (including phenoxy) is 3. The molecular formula is C31H38N2O4. The first-order valence-corrected chi connectivity index (χ1v) is 13.3. The van der Waals surface area contributed by atoms with Gasteiger partial charge in [-0.25, -0.2) is 0 Å². The van der Waals surface area contributed by atoms with Crippen LogP contribution in [0.4, 0.5) is 0 Å². The SMILES string of the molecule is COC[C@@H]1CCCN1C[C@@H]1C[C@H](c2ccc(CO)cc2)O[C@H](c2cccc(-c3cccc(CN)c3)c2)O1. The fraction of sp³-hybridized carbons (Fsp3) is 0.419. The molecule has 4 atom stereocenters. The van der Waals surface area contributed by atoms with Crippen molar-refractivity contribution in [1.82, 2.24) is 4.90 Å². The minimum absolute atomic E-state index is 0.0305. The summed E-state index contributed by atoms with van der Waals surface area (Å²) in [5.74, 6) is 0. The van der Waals surface area contributed by atoms with Gasteiger partial charge in [-0.3, -0.25) is 4.90 Å².